The van der Waals surface area contributed by atoms with Gasteiger partial charge in [-0.1, -0.05) is 11.2 Å². The highest BCUT2D eigenvalue weighted by Crippen LogP contribution is 2.27. The normalized spacial score (nSPS) is 16.6. The summed E-state index contributed by atoms with van der Waals surface area (Å²) in [6, 6.07) is 5.60. The first kappa shape index (κ1) is 17.7. The average molecular weight is 344 g/mol. The van der Waals surface area contributed by atoms with E-state index in [0.717, 1.165) is 12.8 Å². The molecule has 3 rings (SSSR count). The van der Waals surface area contributed by atoms with Crippen molar-refractivity contribution in [2.45, 2.75) is 25.5 Å². The van der Waals surface area contributed by atoms with Crippen molar-refractivity contribution in [3.05, 3.63) is 41.8 Å². The molecule has 0 saturated carbocycles. The summed E-state index contributed by atoms with van der Waals surface area (Å²) in [7, 11) is 0. The van der Waals surface area contributed by atoms with Crippen LogP contribution in [0, 0.1) is 11.7 Å². The average Bonchev–Trinajstić information content (AvgIpc) is 3.02. The number of rotatable bonds is 5. The van der Waals surface area contributed by atoms with E-state index in [9.17, 15) is 4.39 Å². The molecule has 1 aliphatic rings. The summed E-state index contributed by atoms with van der Waals surface area (Å²) in [4.78, 5) is 4.26. The zero-order valence-electron chi connectivity index (χ0n) is 12.5. The zero-order valence-corrected chi connectivity index (χ0v) is 13.3. The van der Waals surface area contributed by atoms with E-state index >= 15 is 0 Å². The first-order valence-electron chi connectivity index (χ1n) is 7.26. The van der Waals surface area contributed by atoms with Gasteiger partial charge < -0.3 is 19.7 Å². The summed E-state index contributed by atoms with van der Waals surface area (Å²) in [5, 5.41) is 3.85. The molecule has 0 aliphatic carbocycles. The van der Waals surface area contributed by atoms with E-state index in [1.54, 1.807) is 12.1 Å². The van der Waals surface area contributed by atoms with Crippen LogP contribution in [0.4, 0.5) is 4.39 Å². The van der Waals surface area contributed by atoms with Crippen LogP contribution < -0.4 is 10.5 Å². The SMILES string of the molecule is Cl.NC(c1nc(COc2cccc(F)c2)no1)C1CCOCC1. The van der Waals surface area contributed by atoms with Crippen LogP contribution in [-0.4, -0.2) is 23.4 Å². The monoisotopic (exact) mass is 343 g/mol. The van der Waals surface area contributed by atoms with Crippen molar-refractivity contribution in [2.24, 2.45) is 11.7 Å². The van der Waals surface area contributed by atoms with Gasteiger partial charge in [-0.25, -0.2) is 4.39 Å². The smallest absolute Gasteiger partial charge is 0.243 e. The molecule has 1 fully saturated rings. The topological polar surface area (TPSA) is 83.4 Å². The van der Waals surface area contributed by atoms with Crippen molar-refractivity contribution in [3.63, 3.8) is 0 Å². The van der Waals surface area contributed by atoms with Gasteiger partial charge in [0.05, 0.1) is 6.04 Å². The van der Waals surface area contributed by atoms with Gasteiger partial charge in [-0.3, -0.25) is 0 Å². The molecule has 2 heterocycles. The largest absolute Gasteiger partial charge is 0.485 e. The Morgan fingerprint density at radius 2 is 2.13 bits per heavy atom. The van der Waals surface area contributed by atoms with Gasteiger partial charge in [-0.2, -0.15) is 4.98 Å². The Labute approximate surface area is 139 Å². The molecule has 1 aromatic heterocycles. The van der Waals surface area contributed by atoms with E-state index < -0.39 is 0 Å². The molecule has 2 aromatic rings. The second-order valence-corrected chi connectivity index (χ2v) is 5.27. The highest BCUT2D eigenvalue weighted by molar-refractivity contribution is 5.85. The number of hydrogen-bond donors (Lipinski definition) is 1. The van der Waals surface area contributed by atoms with E-state index in [2.05, 4.69) is 10.1 Å². The minimum absolute atomic E-state index is 0. The van der Waals surface area contributed by atoms with E-state index in [0.29, 0.717) is 30.7 Å². The van der Waals surface area contributed by atoms with E-state index in [1.165, 1.54) is 12.1 Å². The number of ether oxygens (including phenoxy) is 2. The third-order valence-corrected chi connectivity index (χ3v) is 3.71. The minimum atomic E-state index is -0.354. The van der Waals surface area contributed by atoms with E-state index in [1.807, 2.05) is 0 Å². The number of nitrogens with two attached hydrogens (primary N) is 1. The Bertz CT molecular complexity index is 620. The number of benzene rings is 1. The van der Waals surface area contributed by atoms with Gasteiger partial charge in [0.2, 0.25) is 11.7 Å². The molecule has 0 bridgehead atoms. The molecule has 0 amide bonds. The Morgan fingerprint density at radius 1 is 1.35 bits per heavy atom. The molecule has 1 aliphatic heterocycles. The second-order valence-electron chi connectivity index (χ2n) is 5.27. The Balaban J connectivity index is 0.00000192. The molecular formula is C15H19ClFN3O3. The molecule has 126 valence electrons. The Morgan fingerprint density at radius 3 is 2.87 bits per heavy atom. The molecule has 8 heteroatoms. The highest BCUT2D eigenvalue weighted by Gasteiger charge is 2.26. The molecule has 23 heavy (non-hydrogen) atoms. The summed E-state index contributed by atoms with van der Waals surface area (Å²) in [6.07, 6.45) is 1.78. The highest BCUT2D eigenvalue weighted by atomic mass is 35.5. The van der Waals surface area contributed by atoms with Gasteiger partial charge in [0.15, 0.2) is 6.61 Å². The van der Waals surface area contributed by atoms with Crippen molar-refractivity contribution >= 4 is 12.4 Å². The molecule has 1 saturated heterocycles. The molecule has 6 nitrogen and oxygen atoms in total. The van der Waals surface area contributed by atoms with Gasteiger partial charge >= 0.3 is 0 Å². The van der Waals surface area contributed by atoms with Gasteiger partial charge in [-0.15, -0.1) is 12.4 Å². The molecule has 0 spiro atoms. The summed E-state index contributed by atoms with van der Waals surface area (Å²) >= 11 is 0. The van der Waals surface area contributed by atoms with Gasteiger partial charge in [0.25, 0.3) is 0 Å². The van der Waals surface area contributed by atoms with Crippen LogP contribution in [0.5, 0.6) is 5.75 Å². The first-order chi connectivity index (χ1) is 10.7. The van der Waals surface area contributed by atoms with Crippen molar-refractivity contribution in [2.75, 3.05) is 13.2 Å². The Hall–Kier alpha value is -1.70. The van der Waals surface area contributed by atoms with Crippen LogP contribution in [-0.2, 0) is 11.3 Å². The second kappa shape index (κ2) is 8.24. The van der Waals surface area contributed by atoms with E-state index in [-0.39, 0.29) is 36.8 Å². The van der Waals surface area contributed by atoms with Crippen LogP contribution in [0.1, 0.15) is 30.6 Å². The summed E-state index contributed by atoms with van der Waals surface area (Å²) < 4.78 is 29.0. The van der Waals surface area contributed by atoms with Crippen molar-refractivity contribution < 1.29 is 18.4 Å². The quantitative estimate of drug-likeness (QED) is 0.898. The van der Waals surface area contributed by atoms with Crippen LogP contribution in [0.25, 0.3) is 0 Å². The first-order valence-corrected chi connectivity index (χ1v) is 7.26. The summed E-state index contributed by atoms with van der Waals surface area (Å²) in [5.41, 5.74) is 6.17. The maximum Gasteiger partial charge on any atom is 0.243 e. The van der Waals surface area contributed by atoms with Gasteiger partial charge in [0, 0.05) is 19.3 Å². The van der Waals surface area contributed by atoms with E-state index in [4.69, 9.17) is 19.7 Å². The van der Waals surface area contributed by atoms with Gasteiger partial charge in [0.1, 0.15) is 11.6 Å². The van der Waals surface area contributed by atoms with Crippen molar-refractivity contribution in [1.82, 2.24) is 10.1 Å². The fourth-order valence-corrected chi connectivity index (χ4v) is 2.44. The standard InChI is InChI=1S/C15H18FN3O3.ClH/c16-11-2-1-3-12(8-11)21-9-13-18-15(22-19-13)14(17)10-4-6-20-7-5-10;/h1-3,8,10,14H,4-7,9,17H2;1H. The molecule has 2 N–H and O–H groups in total. The van der Waals surface area contributed by atoms with Crippen molar-refractivity contribution in [3.8, 4) is 5.75 Å². The number of hydrogen-bond acceptors (Lipinski definition) is 6. The van der Waals surface area contributed by atoms with Gasteiger partial charge in [-0.05, 0) is 30.9 Å². The molecule has 1 atom stereocenters. The lowest BCUT2D eigenvalue weighted by Crippen LogP contribution is -2.27. The predicted octanol–water partition coefficient (Wildman–Crippen LogP) is 2.64. The molecule has 0 radical (unpaired) electrons. The maximum absolute atomic E-state index is 13.1. The third kappa shape index (κ3) is 4.63. The van der Waals surface area contributed by atoms with Crippen LogP contribution in [0.3, 0.4) is 0 Å². The van der Waals surface area contributed by atoms with Crippen molar-refractivity contribution in [1.29, 1.82) is 0 Å². The number of nitrogens with zero attached hydrogens (tertiary/aromatic N) is 2. The molecule has 1 unspecified atom stereocenters. The Kier molecular flexibility index (Phi) is 6.32. The minimum Gasteiger partial charge on any atom is -0.485 e. The van der Waals surface area contributed by atoms with Crippen LogP contribution in [0.2, 0.25) is 0 Å². The molecular weight excluding hydrogens is 325 g/mol. The zero-order chi connectivity index (χ0) is 15.4. The lowest BCUT2D eigenvalue weighted by atomic mass is 9.92. The third-order valence-electron chi connectivity index (χ3n) is 3.71. The fraction of sp³-hybridized carbons (Fsp3) is 0.467. The molecule has 1 aromatic carbocycles. The lowest BCUT2D eigenvalue weighted by Gasteiger charge is -2.25. The fourth-order valence-electron chi connectivity index (χ4n) is 2.44. The summed E-state index contributed by atoms with van der Waals surface area (Å²) in [5.74, 6) is 1.14. The maximum atomic E-state index is 13.1. The number of aromatic nitrogens is 2. The van der Waals surface area contributed by atoms with Crippen LogP contribution in [0.15, 0.2) is 28.8 Å². The summed E-state index contributed by atoms with van der Waals surface area (Å²) in [6.45, 7) is 1.53. The lowest BCUT2D eigenvalue weighted by molar-refractivity contribution is 0.0546. The van der Waals surface area contributed by atoms with Crippen LogP contribution >= 0.6 is 12.4 Å². The number of halogens is 2. The predicted molar refractivity (Wildman–Crippen MR) is 82.7 cm³/mol.